The van der Waals surface area contributed by atoms with Gasteiger partial charge in [0, 0.05) is 13.6 Å². The highest BCUT2D eigenvalue weighted by molar-refractivity contribution is 5.85. The molecule has 0 aromatic rings. The number of nitrogens with zero attached hydrogens (tertiary/aromatic N) is 1. The second-order valence-electron chi connectivity index (χ2n) is 6.20. The quantitative estimate of drug-likeness (QED) is 0.768. The predicted molar refractivity (Wildman–Crippen MR) is 69.5 cm³/mol. The Morgan fingerprint density at radius 3 is 1.94 bits per heavy atom. The molecule has 1 N–H and O–H groups in total. The molecule has 0 amide bonds. The lowest BCUT2D eigenvalue weighted by atomic mass is 9.52. The van der Waals surface area contributed by atoms with Gasteiger partial charge in [0.15, 0.2) is 0 Å². The van der Waals surface area contributed by atoms with Gasteiger partial charge in [0.1, 0.15) is 0 Å². The normalized spacial score (nSPS) is 44.8. The molecule has 2 nitrogen and oxygen atoms in total. The van der Waals surface area contributed by atoms with E-state index in [1.165, 1.54) is 6.54 Å². The van der Waals surface area contributed by atoms with Gasteiger partial charge in [0.2, 0.25) is 0 Å². The zero-order chi connectivity index (χ0) is 10.4. The molecular weight excluding hydrogens is 220 g/mol. The maximum atomic E-state index is 3.26. The van der Waals surface area contributed by atoms with Crippen molar-refractivity contribution in [3.63, 3.8) is 0 Å². The minimum absolute atomic E-state index is 0. The molecule has 0 atom stereocenters. The standard InChI is InChI=1S/C13H24N2.ClH/c1-14-15(2)8-13-11-4-9-3-10(6-11)7-12(13)5-9;/h9-14H,3-8H2,1-2H3;1H. The molecule has 4 aliphatic rings. The van der Waals surface area contributed by atoms with E-state index in [9.17, 15) is 0 Å². The van der Waals surface area contributed by atoms with E-state index in [4.69, 9.17) is 0 Å². The topological polar surface area (TPSA) is 15.3 Å². The van der Waals surface area contributed by atoms with Crippen molar-refractivity contribution in [2.45, 2.75) is 32.1 Å². The smallest absolute Gasteiger partial charge is 0.0161 e. The maximum absolute atomic E-state index is 3.26. The predicted octanol–water partition coefficient (Wildman–Crippen LogP) is 2.55. The van der Waals surface area contributed by atoms with Crippen molar-refractivity contribution in [2.24, 2.45) is 29.6 Å². The molecular formula is C13H25ClN2. The van der Waals surface area contributed by atoms with E-state index in [0.717, 1.165) is 29.6 Å². The first kappa shape index (κ1) is 12.7. The Morgan fingerprint density at radius 1 is 1.00 bits per heavy atom. The van der Waals surface area contributed by atoms with Crippen LogP contribution in [0.3, 0.4) is 0 Å². The molecule has 0 aromatic heterocycles. The summed E-state index contributed by atoms with van der Waals surface area (Å²) in [6.07, 6.45) is 7.77. The summed E-state index contributed by atoms with van der Waals surface area (Å²) < 4.78 is 0. The van der Waals surface area contributed by atoms with Gasteiger partial charge in [-0.1, -0.05) is 0 Å². The van der Waals surface area contributed by atoms with E-state index in [-0.39, 0.29) is 12.4 Å². The molecule has 3 heteroatoms. The molecule has 4 fully saturated rings. The van der Waals surface area contributed by atoms with Gasteiger partial charge in [-0.15, -0.1) is 12.4 Å². The first-order chi connectivity index (χ1) is 7.26. The van der Waals surface area contributed by atoms with Gasteiger partial charge in [0.05, 0.1) is 0 Å². The first-order valence-corrected chi connectivity index (χ1v) is 6.64. The van der Waals surface area contributed by atoms with Gasteiger partial charge in [-0.3, -0.25) is 5.43 Å². The van der Waals surface area contributed by atoms with Crippen molar-refractivity contribution in [1.29, 1.82) is 0 Å². The molecule has 0 aliphatic heterocycles. The van der Waals surface area contributed by atoms with E-state index < -0.39 is 0 Å². The Bertz CT molecular complexity index is 216. The Hall–Kier alpha value is 0.210. The highest BCUT2D eigenvalue weighted by Crippen LogP contribution is 2.56. The lowest BCUT2D eigenvalue weighted by Gasteiger charge is -2.55. The van der Waals surface area contributed by atoms with Crippen LogP contribution in [0.1, 0.15) is 32.1 Å². The number of hydrazine groups is 1. The van der Waals surface area contributed by atoms with Crippen LogP contribution in [0, 0.1) is 29.6 Å². The maximum Gasteiger partial charge on any atom is 0.0161 e. The van der Waals surface area contributed by atoms with E-state index in [1.807, 2.05) is 7.05 Å². The van der Waals surface area contributed by atoms with Gasteiger partial charge < -0.3 is 0 Å². The second-order valence-corrected chi connectivity index (χ2v) is 6.20. The van der Waals surface area contributed by atoms with Crippen molar-refractivity contribution in [3.8, 4) is 0 Å². The summed E-state index contributed by atoms with van der Waals surface area (Å²) in [4.78, 5) is 0. The summed E-state index contributed by atoms with van der Waals surface area (Å²) >= 11 is 0. The third-order valence-corrected chi connectivity index (χ3v) is 5.29. The van der Waals surface area contributed by atoms with Crippen LogP contribution < -0.4 is 5.43 Å². The number of hydrogen-bond acceptors (Lipinski definition) is 2. The summed E-state index contributed by atoms with van der Waals surface area (Å²) in [6, 6.07) is 0. The third-order valence-electron chi connectivity index (χ3n) is 5.29. The lowest BCUT2D eigenvalue weighted by Crippen LogP contribution is -2.50. The lowest BCUT2D eigenvalue weighted by molar-refractivity contribution is -0.0505. The molecule has 0 spiro atoms. The van der Waals surface area contributed by atoms with Crippen molar-refractivity contribution in [3.05, 3.63) is 0 Å². The Balaban J connectivity index is 0.000000963. The van der Waals surface area contributed by atoms with E-state index in [2.05, 4.69) is 17.5 Å². The fraction of sp³-hybridized carbons (Fsp3) is 1.00. The SMILES string of the molecule is CNN(C)CC1C2CC3CC(C2)CC1C3.Cl. The summed E-state index contributed by atoms with van der Waals surface area (Å²) in [7, 11) is 4.22. The van der Waals surface area contributed by atoms with Gasteiger partial charge in [0.25, 0.3) is 0 Å². The van der Waals surface area contributed by atoms with Crippen LogP contribution in [-0.2, 0) is 0 Å². The van der Waals surface area contributed by atoms with E-state index >= 15 is 0 Å². The van der Waals surface area contributed by atoms with Crippen LogP contribution in [0.15, 0.2) is 0 Å². The number of halogens is 1. The van der Waals surface area contributed by atoms with Crippen LogP contribution in [0.2, 0.25) is 0 Å². The largest absolute Gasteiger partial charge is 0.259 e. The Labute approximate surface area is 106 Å². The zero-order valence-electron chi connectivity index (χ0n) is 10.5. The number of nitrogens with one attached hydrogen (secondary N) is 1. The molecule has 16 heavy (non-hydrogen) atoms. The monoisotopic (exact) mass is 244 g/mol. The summed E-state index contributed by atoms with van der Waals surface area (Å²) in [5.74, 6) is 5.36. The Kier molecular flexibility index (Phi) is 3.82. The van der Waals surface area contributed by atoms with Crippen molar-refractivity contribution < 1.29 is 0 Å². The average molecular weight is 245 g/mol. The fourth-order valence-electron chi connectivity index (χ4n) is 4.74. The Morgan fingerprint density at radius 2 is 1.50 bits per heavy atom. The minimum Gasteiger partial charge on any atom is -0.259 e. The van der Waals surface area contributed by atoms with Crippen molar-refractivity contribution in [1.82, 2.24) is 10.4 Å². The van der Waals surface area contributed by atoms with E-state index in [0.29, 0.717) is 0 Å². The van der Waals surface area contributed by atoms with Gasteiger partial charge >= 0.3 is 0 Å². The summed E-state index contributed by atoms with van der Waals surface area (Å²) in [6.45, 7) is 1.27. The van der Waals surface area contributed by atoms with E-state index in [1.54, 1.807) is 32.1 Å². The molecule has 4 aliphatic carbocycles. The van der Waals surface area contributed by atoms with Crippen molar-refractivity contribution in [2.75, 3.05) is 20.6 Å². The summed E-state index contributed by atoms with van der Waals surface area (Å²) in [5, 5.41) is 2.28. The van der Waals surface area contributed by atoms with Crippen molar-refractivity contribution >= 4 is 12.4 Å². The molecule has 0 unspecified atom stereocenters. The fourth-order valence-corrected chi connectivity index (χ4v) is 4.74. The molecule has 4 saturated carbocycles. The second kappa shape index (κ2) is 4.83. The third kappa shape index (κ3) is 2.12. The molecule has 0 aromatic carbocycles. The molecule has 94 valence electrons. The molecule has 0 saturated heterocycles. The van der Waals surface area contributed by atoms with Crippen LogP contribution in [0.5, 0.6) is 0 Å². The van der Waals surface area contributed by atoms with Gasteiger partial charge in [-0.25, -0.2) is 5.01 Å². The molecule has 0 heterocycles. The number of rotatable bonds is 3. The average Bonchev–Trinajstić information content (AvgIpc) is 2.22. The molecule has 0 radical (unpaired) electrons. The van der Waals surface area contributed by atoms with Crippen LogP contribution in [0.25, 0.3) is 0 Å². The molecule has 4 bridgehead atoms. The van der Waals surface area contributed by atoms with Crippen LogP contribution >= 0.6 is 12.4 Å². The van der Waals surface area contributed by atoms with Crippen LogP contribution in [-0.4, -0.2) is 25.6 Å². The van der Waals surface area contributed by atoms with Gasteiger partial charge in [-0.05, 0) is 68.7 Å². The highest BCUT2D eigenvalue weighted by Gasteiger charge is 2.48. The minimum atomic E-state index is 0. The number of hydrogen-bond donors (Lipinski definition) is 1. The van der Waals surface area contributed by atoms with Gasteiger partial charge in [-0.2, -0.15) is 0 Å². The highest BCUT2D eigenvalue weighted by atomic mass is 35.5. The zero-order valence-corrected chi connectivity index (χ0v) is 11.3. The first-order valence-electron chi connectivity index (χ1n) is 6.64. The molecule has 4 rings (SSSR count). The summed E-state index contributed by atoms with van der Waals surface area (Å²) in [5.41, 5.74) is 3.26. The van der Waals surface area contributed by atoms with Crippen LogP contribution in [0.4, 0.5) is 0 Å².